The van der Waals surface area contributed by atoms with Crippen LogP contribution in [0.4, 0.5) is 0 Å². The van der Waals surface area contributed by atoms with Crippen LogP contribution in [0.5, 0.6) is 11.8 Å². The zero-order valence-electron chi connectivity index (χ0n) is 20.3. The van der Waals surface area contributed by atoms with Crippen LogP contribution in [0, 0.1) is 0 Å². The van der Waals surface area contributed by atoms with Gasteiger partial charge in [0.2, 0.25) is 11.8 Å². The molecule has 2 aromatic heterocycles. The number of hydrogen-bond acceptors (Lipinski definition) is 4. The molecule has 1 aliphatic rings. The number of fused-ring (bicyclic) bond motifs is 3. The van der Waals surface area contributed by atoms with E-state index >= 15 is 0 Å². The fourth-order valence-corrected chi connectivity index (χ4v) is 4.35. The minimum atomic E-state index is 0.752. The Morgan fingerprint density at radius 2 is 0.969 bits per heavy atom. The third-order valence-corrected chi connectivity index (χ3v) is 6.28. The van der Waals surface area contributed by atoms with Gasteiger partial charge in [0.25, 0.3) is 0 Å². The third kappa shape index (κ3) is 7.79. The maximum atomic E-state index is 5.95. The fraction of sp³-hybridized carbons (Fsp3) is 0.643. The van der Waals surface area contributed by atoms with Gasteiger partial charge in [0.15, 0.2) is 0 Å². The van der Waals surface area contributed by atoms with E-state index in [-0.39, 0.29) is 0 Å². The van der Waals surface area contributed by atoms with Crippen molar-refractivity contribution in [2.75, 3.05) is 13.2 Å². The van der Waals surface area contributed by atoms with Gasteiger partial charge in [-0.15, -0.1) is 0 Å². The van der Waals surface area contributed by atoms with E-state index in [0.29, 0.717) is 0 Å². The Bertz CT molecular complexity index is 806. The van der Waals surface area contributed by atoms with Crippen LogP contribution in [-0.4, -0.2) is 23.2 Å². The Labute approximate surface area is 195 Å². The standard InChI is InChI=1S/C28H42N2O2/c1-3-5-7-9-10-11-12-14-22-32-28-20-16-24-23-15-19-27(31-21-13-8-6-4-2)29-25(23)17-18-26(24)30-28/h15-16,19-20H,3-14,17-18,21-22H2,1-2H3. The number of ether oxygens (including phenoxy) is 2. The first-order chi connectivity index (χ1) is 15.8. The second-order valence-electron chi connectivity index (χ2n) is 9.02. The number of aryl methyl sites for hydroxylation is 2. The van der Waals surface area contributed by atoms with Crippen molar-refractivity contribution in [2.45, 2.75) is 104 Å². The molecule has 4 heteroatoms. The number of unbranched alkanes of at least 4 members (excludes halogenated alkanes) is 10. The maximum Gasteiger partial charge on any atom is 0.213 e. The van der Waals surface area contributed by atoms with E-state index < -0.39 is 0 Å². The topological polar surface area (TPSA) is 44.2 Å². The molecule has 0 fully saturated rings. The van der Waals surface area contributed by atoms with Crippen LogP contribution in [0.3, 0.4) is 0 Å². The fourth-order valence-electron chi connectivity index (χ4n) is 4.35. The second-order valence-corrected chi connectivity index (χ2v) is 9.02. The van der Waals surface area contributed by atoms with Crippen LogP contribution in [0.25, 0.3) is 11.1 Å². The summed E-state index contributed by atoms with van der Waals surface area (Å²) in [6.45, 7) is 6.01. The lowest BCUT2D eigenvalue weighted by Gasteiger charge is -2.19. The van der Waals surface area contributed by atoms with Crippen LogP contribution in [0.1, 0.15) is 102 Å². The molecule has 0 radical (unpaired) electrons. The summed E-state index contributed by atoms with van der Waals surface area (Å²) >= 11 is 0. The molecule has 2 heterocycles. The molecule has 0 saturated carbocycles. The average molecular weight is 439 g/mol. The first-order valence-corrected chi connectivity index (χ1v) is 13.1. The van der Waals surface area contributed by atoms with Crippen molar-refractivity contribution in [2.24, 2.45) is 0 Å². The largest absolute Gasteiger partial charge is 0.478 e. The molecule has 0 aliphatic heterocycles. The zero-order valence-corrected chi connectivity index (χ0v) is 20.3. The predicted molar refractivity (Wildman–Crippen MR) is 133 cm³/mol. The normalized spacial score (nSPS) is 12.3. The van der Waals surface area contributed by atoms with E-state index in [0.717, 1.165) is 62.0 Å². The molecule has 0 aromatic carbocycles. The van der Waals surface area contributed by atoms with Crippen molar-refractivity contribution in [3.63, 3.8) is 0 Å². The molecular formula is C28H42N2O2. The van der Waals surface area contributed by atoms with Crippen molar-refractivity contribution in [1.82, 2.24) is 9.97 Å². The van der Waals surface area contributed by atoms with Crippen molar-refractivity contribution in [3.05, 3.63) is 35.7 Å². The Kier molecular flexibility index (Phi) is 10.8. The molecule has 0 amide bonds. The van der Waals surface area contributed by atoms with E-state index in [4.69, 9.17) is 19.4 Å². The van der Waals surface area contributed by atoms with Crippen LogP contribution in [0.15, 0.2) is 24.3 Å². The first-order valence-electron chi connectivity index (χ1n) is 13.1. The summed E-state index contributed by atoms with van der Waals surface area (Å²) in [7, 11) is 0. The molecule has 3 rings (SSSR count). The summed E-state index contributed by atoms with van der Waals surface area (Å²) in [4.78, 5) is 9.57. The minimum Gasteiger partial charge on any atom is -0.478 e. The maximum absolute atomic E-state index is 5.95. The quantitative estimate of drug-likeness (QED) is 0.252. The van der Waals surface area contributed by atoms with E-state index in [1.54, 1.807) is 0 Å². The Balaban J connectivity index is 1.44. The van der Waals surface area contributed by atoms with E-state index in [9.17, 15) is 0 Å². The molecule has 32 heavy (non-hydrogen) atoms. The van der Waals surface area contributed by atoms with E-state index in [1.165, 1.54) is 75.3 Å². The third-order valence-electron chi connectivity index (χ3n) is 6.28. The van der Waals surface area contributed by atoms with Gasteiger partial charge in [-0.25, -0.2) is 9.97 Å². The number of aromatic nitrogens is 2. The van der Waals surface area contributed by atoms with E-state index in [1.807, 2.05) is 12.1 Å². The Hall–Kier alpha value is -2.10. The highest BCUT2D eigenvalue weighted by Gasteiger charge is 2.19. The van der Waals surface area contributed by atoms with Gasteiger partial charge in [-0.05, 0) is 37.8 Å². The van der Waals surface area contributed by atoms with Gasteiger partial charge in [-0.3, -0.25) is 0 Å². The summed E-state index contributed by atoms with van der Waals surface area (Å²) in [6.07, 6.45) is 17.2. The zero-order chi connectivity index (χ0) is 22.4. The number of hydrogen-bond donors (Lipinski definition) is 0. The van der Waals surface area contributed by atoms with Gasteiger partial charge in [0.1, 0.15) is 0 Å². The molecule has 2 aromatic rings. The SMILES string of the molecule is CCCCCCCCCCOc1ccc2c(n1)CCc1nc(OCCCCCC)ccc1-2. The number of nitrogens with zero attached hydrogens (tertiary/aromatic N) is 2. The van der Waals surface area contributed by atoms with Gasteiger partial charge < -0.3 is 9.47 Å². The lowest BCUT2D eigenvalue weighted by atomic mass is 9.92. The summed E-state index contributed by atoms with van der Waals surface area (Å²) in [5, 5.41) is 0. The molecule has 0 bridgehead atoms. The van der Waals surface area contributed by atoms with Gasteiger partial charge >= 0.3 is 0 Å². The number of rotatable bonds is 16. The minimum absolute atomic E-state index is 0.752. The molecule has 0 unspecified atom stereocenters. The van der Waals surface area contributed by atoms with Gasteiger partial charge in [0.05, 0.1) is 24.6 Å². The highest BCUT2D eigenvalue weighted by Crippen LogP contribution is 2.34. The summed E-state index contributed by atoms with van der Waals surface area (Å²) in [6, 6.07) is 8.30. The molecule has 1 aliphatic carbocycles. The van der Waals surface area contributed by atoms with Crippen molar-refractivity contribution in [3.8, 4) is 22.9 Å². The lowest BCUT2D eigenvalue weighted by Crippen LogP contribution is -2.10. The highest BCUT2D eigenvalue weighted by atomic mass is 16.5. The molecule has 0 atom stereocenters. The molecule has 0 N–H and O–H groups in total. The Morgan fingerprint density at radius 1 is 0.562 bits per heavy atom. The average Bonchev–Trinajstić information content (AvgIpc) is 2.82. The highest BCUT2D eigenvalue weighted by molar-refractivity contribution is 5.71. The molecule has 0 saturated heterocycles. The van der Waals surface area contributed by atoms with Gasteiger partial charge in [-0.1, -0.05) is 78.1 Å². The van der Waals surface area contributed by atoms with Gasteiger partial charge in [0, 0.05) is 23.3 Å². The van der Waals surface area contributed by atoms with E-state index in [2.05, 4.69) is 26.0 Å². The smallest absolute Gasteiger partial charge is 0.213 e. The summed E-state index contributed by atoms with van der Waals surface area (Å²) in [5.41, 5.74) is 4.62. The number of pyridine rings is 2. The monoisotopic (exact) mass is 438 g/mol. The Morgan fingerprint density at radius 3 is 1.44 bits per heavy atom. The predicted octanol–water partition coefficient (Wildman–Crippen LogP) is 7.72. The molecule has 4 nitrogen and oxygen atoms in total. The van der Waals surface area contributed by atoms with Crippen molar-refractivity contribution < 1.29 is 9.47 Å². The van der Waals surface area contributed by atoms with Gasteiger partial charge in [-0.2, -0.15) is 0 Å². The summed E-state index contributed by atoms with van der Waals surface area (Å²) in [5.74, 6) is 1.51. The summed E-state index contributed by atoms with van der Waals surface area (Å²) < 4.78 is 11.8. The van der Waals surface area contributed by atoms with Crippen molar-refractivity contribution >= 4 is 0 Å². The first kappa shape index (κ1) is 24.5. The molecule has 176 valence electrons. The lowest BCUT2D eigenvalue weighted by molar-refractivity contribution is 0.291. The second kappa shape index (κ2) is 14.1. The van der Waals surface area contributed by atoms with Crippen molar-refractivity contribution in [1.29, 1.82) is 0 Å². The van der Waals surface area contributed by atoms with Crippen LogP contribution < -0.4 is 9.47 Å². The molecule has 0 spiro atoms. The molecular weight excluding hydrogens is 396 g/mol. The van der Waals surface area contributed by atoms with Crippen LogP contribution in [-0.2, 0) is 12.8 Å². The van der Waals surface area contributed by atoms with Crippen LogP contribution >= 0.6 is 0 Å². The van der Waals surface area contributed by atoms with Crippen LogP contribution in [0.2, 0.25) is 0 Å².